The summed E-state index contributed by atoms with van der Waals surface area (Å²) >= 11 is 0. The van der Waals surface area contributed by atoms with E-state index in [0.717, 1.165) is 37.7 Å². The Labute approximate surface area is 283 Å². The summed E-state index contributed by atoms with van der Waals surface area (Å²) in [5, 5.41) is 9.74. The van der Waals surface area contributed by atoms with E-state index in [4.69, 9.17) is 9.47 Å². The van der Waals surface area contributed by atoms with Gasteiger partial charge in [0, 0.05) is 36.8 Å². The molecule has 1 heterocycles. The van der Waals surface area contributed by atoms with Gasteiger partial charge in [0.1, 0.15) is 13.1 Å². The summed E-state index contributed by atoms with van der Waals surface area (Å²) in [6, 6.07) is 13.4. The van der Waals surface area contributed by atoms with Gasteiger partial charge in [-0.05, 0) is 41.5 Å². The number of hydrogen-bond acceptors (Lipinski definition) is 2. The molecule has 0 spiro atoms. The van der Waals surface area contributed by atoms with Crippen LogP contribution in [0.1, 0.15) is 36.8 Å². The highest BCUT2D eigenvalue weighted by molar-refractivity contribution is 5.68. The smallest absolute Gasteiger partial charge is 0.231 e. The minimum absolute atomic E-state index is 0. The fourth-order valence-corrected chi connectivity index (χ4v) is 4.46. The van der Waals surface area contributed by atoms with Gasteiger partial charge < -0.3 is 117 Å². The maximum atomic E-state index is 5.63. The Morgan fingerprint density at radius 1 is 0.512 bits per heavy atom. The number of quaternary nitrogens is 6. The Kier molecular flexibility index (Phi) is 34.3. The first kappa shape index (κ1) is 47.5. The molecular formula is C27H50Cl6N6O2. The van der Waals surface area contributed by atoms with Crippen molar-refractivity contribution in [2.24, 2.45) is 0 Å². The number of ether oxygens (including phenoxy) is 2. The van der Waals surface area contributed by atoms with E-state index < -0.39 is 0 Å². The summed E-state index contributed by atoms with van der Waals surface area (Å²) in [6.45, 7) is 11.6. The Hall–Kier alpha value is -0.460. The van der Waals surface area contributed by atoms with Gasteiger partial charge in [0.05, 0.1) is 52.4 Å². The van der Waals surface area contributed by atoms with Crippen molar-refractivity contribution in [3.05, 3.63) is 47.5 Å². The summed E-state index contributed by atoms with van der Waals surface area (Å²) in [7, 11) is 0. The molecule has 0 saturated heterocycles. The fraction of sp³-hybridized carbons (Fsp3) is 0.556. The van der Waals surface area contributed by atoms with E-state index in [1.54, 1.807) is 0 Å². The van der Waals surface area contributed by atoms with E-state index in [1.807, 2.05) is 6.07 Å². The number of halogens is 6. The van der Waals surface area contributed by atoms with E-state index in [2.05, 4.69) is 63.1 Å². The molecule has 14 heteroatoms. The van der Waals surface area contributed by atoms with Crippen molar-refractivity contribution in [3.63, 3.8) is 0 Å². The molecule has 242 valence electrons. The highest BCUT2D eigenvalue weighted by atomic mass is 35.5. The quantitative estimate of drug-likeness (QED) is 0.0811. The third-order valence-electron chi connectivity index (χ3n) is 6.47. The molecule has 0 bridgehead atoms. The second-order valence-corrected chi connectivity index (χ2v) is 9.52. The summed E-state index contributed by atoms with van der Waals surface area (Å²) in [5.41, 5.74) is 13.1. The summed E-state index contributed by atoms with van der Waals surface area (Å²) in [6.07, 6.45) is 4.91. The molecule has 0 atom stereocenters. The molecule has 8 nitrogen and oxygen atoms in total. The second-order valence-electron chi connectivity index (χ2n) is 9.52. The predicted molar refractivity (Wildman–Crippen MR) is 136 cm³/mol. The van der Waals surface area contributed by atoms with E-state index in [1.165, 1.54) is 87.2 Å². The molecule has 3 rings (SSSR count). The van der Waals surface area contributed by atoms with Gasteiger partial charge in [-0.25, -0.2) is 0 Å². The summed E-state index contributed by atoms with van der Waals surface area (Å²) < 4.78 is 11.1. The van der Waals surface area contributed by atoms with Crippen LogP contribution in [-0.2, 0) is 13.1 Å². The van der Waals surface area contributed by atoms with Crippen LogP contribution in [0.4, 0.5) is 0 Å². The Morgan fingerprint density at radius 2 is 0.976 bits per heavy atom. The molecule has 0 unspecified atom stereocenters. The van der Waals surface area contributed by atoms with Crippen molar-refractivity contribution < 1.29 is 117 Å². The molecule has 0 amide bonds. The fourth-order valence-electron chi connectivity index (χ4n) is 4.46. The highest BCUT2D eigenvalue weighted by Crippen LogP contribution is 2.36. The first-order chi connectivity index (χ1) is 17.3. The molecule has 41 heavy (non-hydrogen) atoms. The van der Waals surface area contributed by atoms with Gasteiger partial charge in [-0.3, -0.25) is 0 Å². The average molecular weight is 703 g/mol. The zero-order valence-corrected chi connectivity index (χ0v) is 28.4. The van der Waals surface area contributed by atoms with E-state index >= 15 is 0 Å². The standard InChI is InChI=1S/C27H44N6O2.6ClH/c28-7-1-9-30-11-3-13-32-19-22-15-23(20-33-14-4-12-31-10-2-8-29)17-25(16-22)24-5-6-26-27(18-24)35-21-34-26;;;;;;/h5-6,15-18,30-33H,1-4,7-14,19-21,28-29H2;6*1H. The van der Waals surface area contributed by atoms with Gasteiger partial charge in [-0.1, -0.05) is 6.07 Å². The van der Waals surface area contributed by atoms with Crippen LogP contribution in [0.25, 0.3) is 11.1 Å². The summed E-state index contributed by atoms with van der Waals surface area (Å²) in [4.78, 5) is 0. The van der Waals surface area contributed by atoms with Crippen LogP contribution in [0.3, 0.4) is 0 Å². The van der Waals surface area contributed by atoms with Crippen LogP contribution in [-0.4, -0.2) is 59.2 Å². The lowest BCUT2D eigenvalue weighted by atomic mass is 9.99. The molecular weight excluding hydrogens is 653 g/mol. The van der Waals surface area contributed by atoms with Gasteiger partial charge in [-0.15, -0.1) is 0 Å². The maximum absolute atomic E-state index is 5.63. The van der Waals surface area contributed by atoms with Gasteiger partial charge in [-0.2, -0.15) is 0 Å². The normalized spacial score (nSPS) is 10.6. The number of fused-ring (bicyclic) bond motifs is 1. The number of benzene rings is 2. The van der Waals surface area contributed by atoms with Crippen molar-refractivity contribution in [1.82, 2.24) is 0 Å². The number of nitrogens with two attached hydrogens (primary N) is 4. The van der Waals surface area contributed by atoms with Crippen molar-refractivity contribution in [1.29, 1.82) is 0 Å². The lowest BCUT2D eigenvalue weighted by Gasteiger charge is -2.10. The van der Waals surface area contributed by atoms with E-state index in [-0.39, 0.29) is 74.4 Å². The van der Waals surface area contributed by atoms with Crippen LogP contribution in [0.2, 0.25) is 0 Å². The van der Waals surface area contributed by atoms with Gasteiger partial charge in [0.25, 0.3) is 0 Å². The number of rotatable bonds is 19. The molecule has 0 radical (unpaired) electrons. The molecule has 0 aliphatic carbocycles. The molecule has 0 fully saturated rings. The SMILES string of the molecule is [Cl-].[Cl-].[Cl-].[Cl-].[Cl-].[Cl-].[NH3+]CCC[NH2+]CCC[NH2+]Cc1cc(C[NH2+]CCC[NH2+]CCC[NH3+])cc(-c2ccc3c(c2)OCO3)c1. The van der Waals surface area contributed by atoms with Crippen molar-refractivity contribution in [2.75, 3.05) is 59.2 Å². The molecule has 1 aliphatic rings. The largest absolute Gasteiger partial charge is 1.00 e. The molecule has 0 aromatic heterocycles. The first-order valence-corrected chi connectivity index (χ1v) is 13.7. The summed E-state index contributed by atoms with van der Waals surface area (Å²) in [5.74, 6) is 1.68. The minimum atomic E-state index is 0. The molecule has 2 aromatic rings. The van der Waals surface area contributed by atoms with Gasteiger partial charge in [0.15, 0.2) is 11.5 Å². The zero-order chi connectivity index (χ0) is 24.6. The first-order valence-electron chi connectivity index (χ1n) is 13.7. The molecule has 2 aromatic carbocycles. The number of hydrogen-bond donors (Lipinski definition) is 6. The van der Waals surface area contributed by atoms with Crippen molar-refractivity contribution in [2.45, 2.75) is 38.8 Å². The predicted octanol–water partition coefficient (Wildman–Crippen LogP) is -21.6. The van der Waals surface area contributed by atoms with E-state index in [0.29, 0.717) is 6.79 Å². The van der Waals surface area contributed by atoms with Gasteiger partial charge >= 0.3 is 0 Å². The minimum Gasteiger partial charge on any atom is -1.00 e. The van der Waals surface area contributed by atoms with Crippen LogP contribution in [0.15, 0.2) is 36.4 Å². The van der Waals surface area contributed by atoms with Crippen LogP contribution in [0.5, 0.6) is 11.5 Å². The zero-order valence-electron chi connectivity index (χ0n) is 23.9. The highest BCUT2D eigenvalue weighted by Gasteiger charge is 2.15. The van der Waals surface area contributed by atoms with Gasteiger partial charge in [0.2, 0.25) is 6.79 Å². The van der Waals surface area contributed by atoms with Crippen molar-refractivity contribution >= 4 is 0 Å². The van der Waals surface area contributed by atoms with Crippen LogP contribution in [0, 0.1) is 0 Å². The third kappa shape index (κ3) is 18.7. The molecule has 0 saturated carbocycles. The van der Waals surface area contributed by atoms with E-state index in [9.17, 15) is 0 Å². The Bertz CT molecular complexity index is 850. The average Bonchev–Trinajstić information content (AvgIpc) is 3.35. The second kappa shape index (κ2) is 29.6. The van der Waals surface area contributed by atoms with Crippen molar-refractivity contribution in [3.8, 4) is 22.6 Å². The maximum Gasteiger partial charge on any atom is 0.231 e. The monoisotopic (exact) mass is 700 g/mol. The molecule has 14 N–H and O–H groups in total. The Morgan fingerprint density at radius 3 is 1.49 bits per heavy atom. The van der Waals surface area contributed by atoms with Crippen LogP contribution >= 0.6 is 0 Å². The topological polar surface area (TPSA) is 140 Å². The molecule has 1 aliphatic heterocycles. The lowest BCUT2D eigenvalue weighted by molar-refractivity contribution is -0.690. The lowest BCUT2D eigenvalue weighted by Crippen LogP contribution is -3.00. The van der Waals surface area contributed by atoms with Crippen LogP contribution < -0.4 is 117 Å². The Balaban J connectivity index is -0.00000114. The third-order valence-corrected chi connectivity index (χ3v) is 6.47.